The lowest BCUT2D eigenvalue weighted by molar-refractivity contribution is 0.103. The van der Waals surface area contributed by atoms with Gasteiger partial charge in [-0.2, -0.15) is 15.3 Å². The summed E-state index contributed by atoms with van der Waals surface area (Å²) in [6, 6.07) is 41.8. The Bertz CT molecular complexity index is 2290. The average molecular weight is 860 g/mol. The fourth-order valence-corrected chi connectivity index (χ4v) is 5.69. The lowest BCUT2D eigenvalue weighted by atomic mass is 10.0. The number of phenolic OH excluding ortho intramolecular Hbond substituents is 1. The van der Waals surface area contributed by atoms with Crippen molar-refractivity contribution in [2.45, 2.75) is 0 Å². The molecule has 0 aliphatic carbocycles. The van der Waals surface area contributed by atoms with Crippen molar-refractivity contribution in [3.8, 4) is 17.1 Å². The minimum absolute atomic E-state index is 0.0296. The van der Waals surface area contributed by atoms with Gasteiger partial charge in [0.1, 0.15) is 5.75 Å². The number of carbonyl (C=O) groups excluding carboxylic acids is 2. The monoisotopic (exact) mass is 857 g/mol. The summed E-state index contributed by atoms with van der Waals surface area (Å²) in [6.07, 6.45) is 11.8. The Balaban J connectivity index is 0.000000160. The quantitative estimate of drug-likeness (QED) is 0.0626. The van der Waals surface area contributed by atoms with E-state index in [-0.39, 0.29) is 17.3 Å². The van der Waals surface area contributed by atoms with E-state index in [1.165, 1.54) is 12.3 Å². The molecule has 13 heteroatoms. The van der Waals surface area contributed by atoms with E-state index in [1.54, 1.807) is 52.4 Å². The van der Waals surface area contributed by atoms with Gasteiger partial charge in [-0.1, -0.05) is 97.7 Å². The molecule has 0 aliphatic rings. The van der Waals surface area contributed by atoms with Crippen LogP contribution in [0.4, 0.5) is 0 Å². The number of hydrogen-bond donors (Lipinski definition) is 3. The van der Waals surface area contributed by atoms with E-state index in [2.05, 4.69) is 57.4 Å². The van der Waals surface area contributed by atoms with Gasteiger partial charge in [0.25, 0.3) is 0 Å². The first-order valence-corrected chi connectivity index (χ1v) is 18.1. The first-order valence-electron chi connectivity index (χ1n) is 16.5. The van der Waals surface area contributed by atoms with Crippen LogP contribution in [0.25, 0.3) is 11.4 Å². The Labute approximate surface area is 333 Å². The van der Waals surface area contributed by atoms with Gasteiger partial charge in [0.2, 0.25) is 0 Å². The predicted octanol–water partition coefficient (Wildman–Crippen LogP) is 9.34. The van der Waals surface area contributed by atoms with Gasteiger partial charge in [0.05, 0.1) is 17.6 Å². The zero-order chi connectivity index (χ0) is 38.8. The highest BCUT2D eigenvalue weighted by Crippen LogP contribution is 2.19. The second kappa shape index (κ2) is 20.5. The number of nitrogens with one attached hydrogen (secondary N) is 1. The molecule has 0 fully saturated rings. The summed E-state index contributed by atoms with van der Waals surface area (Å²) in [6.45, 7) is 0. The normalized spacial score (nSPS) is 10.2. The second-order valence-corrected chi connectivity index (χ2v) is 13.1. The number of ketones is 2. The van der Waals surface area contributed by atoms with Gasteiger partial charge in [-0.25, -0.2) is 9.36 Å². The zero-order valence-corrected chi connectivity index (χ0v) is 32.1. The number of rotatable bonds is 7. The van der Waals surface area contributed by atoms with Crippen LogP contribution in [-0.2, 0) is 0 Å². The molecule has 0 saturated carbocycles. The van der Waals surface area contributed by atoms with Crippen LogP contribution >= 0.6 is 31.9 Å². The van der Waals surface area contributed by atoms with Crippen LogP contribution in [0.5, 0.6) is 5.75 Å². The number of para-hydroxylation sites is 1. The first kappa shape index (κ1) is 39.5. The minimum Gasteiger partial charge on any atom is -0.507 e. The minimum atomic E-state index is -0.0296. The van der Waals surface area contributed by atoms with E-state index >= 15 is 0 Å². The number of aromatic nitrogens is 6. The van der Waals surface area contributed by atoms with Gasteiger partial charge in [-0.15, -0.1) is 0 Å². The second-order valence-electron chi connectivity index (χ2n) is 11.3. The van der Waals surface area contributed by atoms with Crippen molar-refractivity contribution in [3.63, 3.8) is 0 Å². The fraction of sp³-hybridized carbons (Fsp3) is 0. The smallest absolute Gasteiger partial charge is 0.193 e. The molecule has 0 saturated heterocycles. The average Bonchev–Trinajstić information content (AvgIpc) is 4.06. The lowest BCUT2D eigenvalue weighted by Crippen LogP contribution is -2.05. The third-order valence-corrected chi connectivity index (χ3v) is 8.45. The highest BCUT2D eigenvalue weighted by molar-refractivity contribution is 9.10. The van der Waals surface area contributed by atoms with Gasteiger partial charge in [-0.05, 0) is 78.9 Å². The van der Waals surface area contributed by atoms with Crippen LogP contribution in [0.2, 0.25) is 0 Å². The Hall–Kier alpha value is -6.70. The van der Waals surface area contributed by atoms with Crippen LogP contribution in [0.15, 0.2) is 191 Å². The van der Waals surface area contributed by atoms with Gasteiger partial charge in [0, 0.05) is 73.9 Å². The summed E-state index contributed by atoms with van der Waals surface area (Å²) in [5.41, 5.74) is 4.84. The van der Waals surface area contributed by atoms with E-state index in [0.717, 1.165) is 20.3 Å². The van der Waals surface area contributed by atoms with E-state index in [1.807, 2.05) is 128 Å². The summed E-state index contributed by atoms with van der Waals surface area (Å²) in [4.78, 5) is 24.9. The maximum Gasteiger partial charge on any atom is 0.193 e. The highest BCUT2D eigenvalue weighted by atomic mass is 79.9. The molecule has 0 bridgehead atoms. The van der Waals surface area contributed by atoms with Crippen LogP contribution in [0.3, 0.4) is 0 Å². The van der Waals surface area contributed by atoms with Crippen molar-refractivity contribution in [3.05, 3.63) is 213 Å². The fourth-order valence-electron chi connectivity index (χ4n) is 4.89. The van der Waals surface area contributed by atoms with Crippen LogP contribution in [0.1, 0.15) is 37.4 Å². The number of carbonyl (C=O) groups is 2. The van der Waals surface area contributed by atoms with Crippen molar-refractivity contribution in [2.24, 2.45) is 5.16 Å². The number of aromatic amines is 1. The molecule has 8 aromatic rings. The predicted molar refractivity (Wildman–Crippen MR) is 218 cm³/mol. The molecule has 55 heavy (non-hydrogen) atoms. The topological polar surface area (TPSA) is 151 Å². The molecule has 5 aromatic carbocycles. The Kier molecular flexibility index (Phi) is 14.7. The van der Waals surface area contributed by atoms with Crippen molar-refractivity contribution >= 4 is 49.6 Å². The lowest BCUT2D eigenvalue weighted by Gasteiger charge is -2.07. The molecule has 274 valence electrons. The molecule has 3 aromatic heterocycles. The number of halogens is 2. The summed E-state index contributed by atoms with van der Waals surface area (Å²) < 4.78 is 5.29. The molecule has 0 aliphatic heterocycles. The van der Waals surface area contributed by atoms with Gasteiger partial charge < -0.3 is 10.3 Å². The van der Waals surface area contributed by atoms with Crippen LogP contribution in [-0.4, -0.2) is 57.9 Å². The Morgan fingerprint density at radius 1 is 0.600 bits per heavy atom. The molecule has 0 radical (unpaired) electrons. The highest BCUT2D eigenvalue weighted by Gasteiger charge is 2.12. The van der Waals surface area contributed by atoms with E-state index < -0.39 is 0 Å². The number of oxime groups is 1. The van der Waals surface area contributed by atoms with E-state index in [4.69, 9.17) is 10.3 Å². The van der Waals surface area contributed by atoms with E-state index in [0.29, 0.717) is 27.8 Å². The maximum absolute atomic E-state index is 12.8. The molecule has 0 unspecified atom stereocenters. The number of phenols is 1. The third kappa shape index (κ3) is 11.9. The van der Waals surface area contributed by atoms with Crippen LogP contribution in [0, 0.1) is 0 Å². The number of H-pyrrole nitrogens is 1. The largest absolute Gasteiger partial charge is 0.507 e. The standard InChI is InChI=1S/C19H14N4O.C13H8Br2O.C7H7NO2.C3H4N2/c24-19(15-5-1-7-17(13-15)22-11-3-9-20-22)16-6-2-8-18(14-16)23-12-4-10-21-23;14-11-5-1-3-9(7-11)13(16)10-4-2-6-12(15)8-10;9-7-4-2-1-3-6(7)5-8-10;1-2-4-5-3-1/h1-14H;1-8H;1-5,9-10H;1-3H,(H,4,5)/b;;8-5+;. The molecule has 0 amide bonds. The van der Waals surface area contributed by atoms with Crippen LogP contribution < -0.4 is 0 Å². The molecule has 11 nitrogen and oxygen atoms in total. The SMILES string of the molecule is O/N=C/c1ccccc1O.O=C(c1cccc(-n2cccn2)c1)c1cccc(-n2cccn2)c1.O=C(c1cccc(Br)c1)c1cccc(Br)c1.c1cn[nH]c1. The molecule has 3 heterocycles. The summed E-state index contributed by atoms with van der Waals surface area (Å²) in [5.74, 6) is 0.112. The summed E-state index contributed by atoms with van der Waals surface area (Å²) in [7, 11) is 0. The molecule has 3 N–H and O–H groups in total. The first-order chi connectivity index (χ1) is 26.8. The van der Waals surface area contributed by atoms with E-state index in [9.17, 15) is 9.59 Å². The van der Waals surface area contributed by atoms with Gasteiger partial charge >= 0.3 is 0 Å². The molecule has 8 rings (SSSR count). The summed E-state index contributed by atoms with van der Waals surface area (Å²) >= 11 is 6.71. The number of hydrogen-bond acceptors (Lipinski definition) is 8. The summed E-state index contributed by atoms with van der Waals surface area (Å²) in [5, 5.41) is 34.5. The van der Waals surface area contributed by atoms with Crippen molar-refractivity contribution in [1.29, 1.82) is 0 Å². The number of aromatic hydroxyl groups is 1. The van der Waals surface area contributed by atoms with Gasteiger partial charge in [0.15, 0.2) is 11.6 Å². The Morgan fingerprint density at radius 3 is 1.47 bits per heavy atom. The Morgan fingerprint density at radius 2 is 1.09 bits per heavy atom. The third-order valence-electron chi connectivity index (χ3n) is 7.47. The molecule has 0 spiro atoms. The van der Waals surface area contributed by atoms with Crippen molar-refractivity contribution in [1.82, 2.24) is 29.8 Å². The van der Waals surface area contributed by atoms with Crippen molar-refractivity contribution in [2.75, 3.05) is 0 Å². The zero-order valence-electron chi connectivity index (χ0n) is 29.0. The molecular weight excluding hydrogens is 826 g/mol. The maximum atomic E-state index is 12.8. The van der Waals surface area contributed by atoms with Crippen molar-refractivity contribution < 1.29 is 19.9 Å². The molecule has 0 atom stereocenters. The number of nitrogens with zero attached hydrogens (tertiary/aromatic N) is 6. The molecular formula is C42H33Br2N7O4. The van der Waals surface area contributed by atoms with Gasteiger partial charge in [-0.3, -0.25) is 14.7 Å². The number of benzene rings is 5.